The van der Waals surface area contributed by atoms with Gasteiger partial charge in [-0.3, -0.25) is 4.79 Å². The highest BCUT2D eigenvalue weighted by Crippen LogP contribution is 2.55. The molecule has 0 aromatic heterocycles. The van der Waals surface area contributed by atoms with Crippen LogP contribution in [0.2, 0.25) is 0 Å². The summed E-state index contributed by atoms with van der Waals surface area (Å²) >= 11 is 1.40. The molecule has 2 aliphatic carbocycles. The van der Waals surface area contributed by atoms with Gasteiger partial charge in [-0.1, -0.05) is 42.1 Å². The molecule has 4 heteroatoms. The maximum Gasteiger partial charge on any atom is 0.262 e. The highest BCUT2D eigenvalue weighted by Gasteiger charge is 2.46. The zero-order chi connectivity index (χ0) is 16.3. The maximum absolute atomic E-state index is 12.2. The number of hydrogen-bond acceptors (Lipinski definition) is 3. The molecule has 23 heavy (non-hydrogen) atoms. The lowest BCUT2D eigenvalue weighted by Crippen LogP contribution is -2.32. The lowest BCUT2D eigenvalue weighted by molar-refractivity contribution is -0.117. The molecule has 1 heterocycles. The van der Waals surface area contributed by atoms with E-state index in [9.17, 15) is 4.79 Å². The second-order valence-electron chi connectivity index (χ2n) is 6.25. The predicted molar refractivity (Wildman–Crippen MR) is 95.9 cm³/mol. The number of rotatable bonds is 2. The monoisotopic (exact) mass is 322 g/mol. The first kappa shape index (κ1) is 14.5. The summed E-state index contributed by atoms with van der Waals surface area (Å²) in [5, 5.41) is 0.189. The molecule has 2 aromatic rings. The maximum atomic E-state index is 12.2. The third-order valence-electron chi connectivity index (χ3n) is 5.12. The Morgan fingerprint density at radius 2 is 1.70 bits per heavy atom. The normalized spacial score (nSPS) is 22.0. The largest absolute Gasteiger partial charge is 0.378 e. The molecule has 0 radical (unpaired) electrons. The zero-order valence-corrected chi connectivity index (χ0v) is 14.2. The molecule has 3 aliphatic rings. The number of nitrogens with two attached hydrogens (primary N) is 1. The Labute approximate surface area is 140 Å². The lowest BCUT2D eigenvalue weighted by atomic mass is 9.65. The number of nitrogens with zero attached hydrogens (tertiary/aromatic N) is 1. The first-order chi connectivity index (χ1) is 11.0. The van der Waals surface area contributed by atoms with Gasteiger partial charge in [0.1, 0.15) is 5.25 Å². The molecule has 3 nitrogen and oxygen atoms in total. The first-order valence-electron chi connectivity index (χ1n) is 7.74. The zero-order valence-electron chi connectivity index (χ0n) is 13.4. The number of fused-ring (bicyclic) bond motifs is 2. The molecule has 0 fully saturated rings. The Bertz CT molecular complexity index is 871. The van der Waals surface area contributed by atoms with Gasteiger partial charge in [0.2, 0.25) is 0 Å². The Balaban J connectivity index is 1.89. The van der Waals surface area contributed by atoms with Gasteiger partial charge >= 0.3 is 0 Å². The van der Waals surface area contributed by atoms with Crippen LogP contribution in [0.1, 0.15) is 33.7 Å². The summed E-state index contributed by atoms with van der Waals surface area (Å²) in [7, 11) is 0. The summed E-state index contributed by atoms with van der Waals surface area (Å²) < 4.78 is 0. The van der Waals surface area contributed by atoms with Crippen molar-refractivity contribution >= 4 is 22.8 Å². The van der Waals surface area contributed by atoms with Crippen LogP contribution in [0.25, 0.3) is 11.1 Å². The molecule has 2 atom stereocenters. The molecule has 2 unspecified atom stereocenters. The van der Waals surface area contributed by atoms with Crippen LogP contribution in [0.5, 0.6) is 0 Å². The van der Waals surface area contributed by atoms with Crippen LogP contribution in [-0.2, 0) is 4.79 Å². The molecule has 116 valence electrons. The number of amides is 1. The standard InChI is InChI=1S/C19H18N2OS/c1-9-10(2)14(12-7-5-4-6-8-12)15-11(3)13(9)16(15)17-18(22)21-19(20)23-17/h4-8,16-17H,1-3H3,(H2,20,21,22). The molecule has 0 spiro atoms. The lowest BCUT2D eigenvalue weighted by Gasteiger charge is -2.40. The summed E-state index contributed by atoms with van der Waals surface area (Å²) in [5.41, 5.74) is 14.8. The Morgan fingerprint density at radius 1 is 1.00 bits per heavy atom. The van der Waals surface area contributed by atoms with E-state index < -0.39 is 0 Å². The van der Waals surface area contributed by atoms with Gasteiger partial charge in [0, 0.05) is 5.92 Å². The average Bonchev–Trinajstić information content (AvgIpc) is 2.86. The molecule has 5 rings (SSSR count). The van der Waals surface area contributed by atoms with Crippen molar-refractivity contribution in [3.8, 4) is 11.1 Å². The minimum atomic E-state index is -0.203. The van der Waals surface area contributed by atoms with Crippen molar-refractivity contribution in [2.45, 2.75) is 31.9 Å². The smallest absolute Gasteiger partial charge is 0.262 e. The van der Waals surface area contributed by atoms with Crippen molar-refractivity contribution in [2.24, 2.45) is 10.7 Å². The SMILES string of the molecule is Cc1c(C)c2c(C)c(c1-c1ccccc1)C2C1SC(N)=NC1=O. The van der Waals surface area contributed by atoms with E-state index in [-0.39, 0.29) is 17.1 Å². The van der Waals surface area contributed by atoms with E-state index in [2.05, 4.69) is 50.0 Å². The predicted octanol–water partition coefficient (Wildman–Crippen LogP) is 3.68. The van der Waals surface area contributed by atoms with Gasteiger partial charge in [0.05, 0.1) is 0 Å². The van der Waals surface area contributed by atoms with Crippen LogP contribution < -0.4 is 5.73 Å². The highest BCUT2D eigenvalue weighted by molar-refractivity contribution is 8.15. The molecule has 1 aliphatic heterocycles. The van der Waals surface area contributed by atoms with Crippen molar-refractivity contribution < 1.29 is 4.79 Å². The third-order valence-corrected chi connectivity index (χ3v) is 6.18. The number of thioether (sulfide) groups is 1. The molecule has 2 aromatic carbocycles. The summed E-state index contributed by atoms with van der Waals surface area (Å²) in [6, 6.07) is 10.4. The molecular formula is C19H18N2OS. The van der Waals surface area contributed by atoms with Crippen LogP contribution in [-0.4, -0.2) is 16.3 Å². The van der Waals surface area contributed by atoms with Crippen molar-refractivity contribution in [2.75, 3.05) is 0 Å². The second-order valence-corrected chi connectivity index (χ2v) is 7.41. The van der Waals surface area contributed by atoms with E-state index in [4.69, 9.17) is 5.73 Å². The molecule has 2 bridgehead atoms. The number of aliphatic imine (C=N–C) groups is 1. The minimum absolute atomic E-state index is 0.0974. The van der Waals surface area contributed by atoms with E-state index >= 15 is 0 Å². The minimum Gasteiger partial charge on any atom is -0.378 e. The Hall–Kier alpha value is -2.07. The fraction of sp³-hybridized carbons (Fsp3) is 0.263. The van der Waals surface area contributed by atoms with E-state index in [1.165, 1.54) is 50.7 Å². The fourth-order valence-corrected chi connectivity index (χ4v) is 4.96. The molecule has 1 amide bonds. The van der Waals surface area contributed by atoms with Gasteiger partial charge in [-0.15, -0.1) is 0 Å². The van der Waals surface area contributed by atoms with E-state index in [1.54, 1.807) is 0 Å². The van der Waals surface area contributed by atoms with Gasteiger partial charge in [0.25, 0.3) is 5.91 Å². The number of carbonyl (C=O) groups is 1. The van der Waals surface area contributed by atoms with Crippen LogP contribution in [0.15, 0.2) is 35.3 Å². The second kappa shape index (κ2) is 4.96. The Morgan fingerprint density at radius 3 is 2.30 bits per heavy atom. The Kier molecular flexibility index (Phi) is 3.13. The number of aryl methyl sites for hydroxylation is 1. The average molecular weight is 322 g/mol. The summed E-state index contributed by atoms with van der Waals surface area (Å²) in [5.74, 6) is 0.0240. The van der Waals surface area contributed by atoms with Crippen LogP contribution in [0.4, 0.5) is 0 Å². The summed E-state index contributed by atoms with van der Waals surface area (Å²) in [6.45, 7) is 6.50. The quantitative estimate of drug-likeness (QED) is 0.917. The van der Waals surface area contributed by atoms with Crippen LogP contribution >= 0.6 is 11.8 Å². The van der Waals surface area contributed by atoms with Crippen LogP contribution in [0.3, 0.4) is 0 Å². The van der Waals surface area contributed by atoms with E-state index in [0.29, 0.717) is 5.17 Å². The molecule has 0 saturated heterocycles. The van der Waals surface area contributed by atoms with E-state index in [1.807, 2.05) is 6.07 Å². The fourth-order valence-electron chi connectivity index (χ4n) is 4.00. The van der Waals surface area contributed by atoms with Gasteiger partial charge in [-0.25, -0.2) is 0 Å². The number of hydrogen-bond donors (Lipinski definition) is 1. The summed E-state index contributed by atoms with van der Waals surface area (Å²) in [4.78, 5) is 16.2. The molecule has 2 N–H and O–H groups in total. The van der Waals surface area contributed by atoms with E-state index in [0.717, 1.165) is 0 Å². The van der Waals surface area contributed by atoms with Gasteiger partial charge in [-0.05, 0) is 59.7 Å². The number of benzene rings is 2. The van der Waals surface area contributed by atoms with Gasteiger partial charge in [-0.2, -0.15) is 4.99 Å². The van der Waals surface area contributed by atoms with Gasteiger partial charge in [0.15, 0.2) is 5.17 Å². The van der Waals surface area contributed by atoms with Crippen molar-refractivity contribution in [1.82, 2.24) is 0 Å². The van der Waals surface area contributed by atoms with Crippen molar-refractivity contribution in [1.29, 1.82) is 0 Å². The first-order valence-corrected chi connectivity index (χ1v) is 8.62. The summed E-state index contributed by atoms with van der Waals surface area (Å²) in [6.07, 6.45) is 0. The van der Waals surface area contributed by atoms with Gasteiger partial charge < -0.3 is 5.73 Å². The highest BCUT2D eigenvalue weighted by atomic mass is 32.2. The van der Waals surface area contributed by atoms with Crippen LogP contribution in [0, 0.1) is 20.8 Å². The topological polar surface area (TPSA) is 55.4 Å². The number of carbonyl (C=O) groups excluding carboxylic acids is 1. The van der Waals surface area contributed by atoms with Crippen molar-refractivity contribution in [3.63, 3.8) is 0 Å². The molecule has 0 saturated carbocycles. The molecular weight excluding hydrogens is 304 g/mol. The third kappa shape index (κ3) is 1.91. The number of amidine groups is 1. The van der Waals surface area contributed by atoms with Crippen molar-refractivity contribution in [3.05, 3.63) is 58.1 Å².